The second-order valence-corrected chi connectivity index (χ2v) is 6.08. The van der Waals surface area contributed by atoms with Crippen molar-refractivity contribution < 1.29 is 4.39 Å². The van der Waals surface area contributed by atoms with E-state index < -0.39 is 0 Å². The van der Waals surface area contributed by atoms with E-state index in [0.29, 0.717) is 29.6 Å². The molecule has 0 saturated carbocycles. The quantitative estimate of drug-likeness (QED) is 0.285. The Labute approximate surface area is 171 Å². The van der Waals surface area contributed by atoms with Crippen LogP contribution in [-0.4, -0.2) is 43.6 Å². The molecule has 1 heterocycles. The topological polar surface area (TPSA) is 39.7 Å². The van der Waals surface area contributed by atoms with E-state index in [9.17, 15) is 4.39 Å². The Kier molecular flexibility index (Phi) is 10.2. The molecule has 0 spiro atoms. The molecule has 0 bridgehead atoms. The summed E-state index contributed by atoms with van der Waals surface area (Å²) < 4.78 is 14.4. The summed E-state index contributed by atoms with van der Waals surface area (Å²) in [5.41, 5.74) is 0.526. The van der Waals surface area contributed by atoms with Crippen LogP contribution in [0.5, 0.6) is 0 Å². The predicted molar refractivity (Wildman–Crippen MR) is 113 cm³/mol. The normalized spacial score (nSPS) is 16.0. The molecule has 1 saturated heterocycles. The maximum atomic E-state index is 14.4. The zero-order valence-electron chi connectivity index (χ0n) is 14.4. The van der Waals surface area contributed by atoms with Gasteiger partial charge < -0.3 is 10.6 Å². The van der Waals surface area contributed by atoms with Crippen LogP contribution in [0.3, 0.4) is 0 Å². The zero-order valence-corrected chi connectivity index (χ0v) is 17.5. The smallest absolute Gasteiger partial charge is 0.192 e. The summed E-state index contributed by atoms with van der Waals surface area (Å²) in [6.07, 6.45) is 7.51. The SMILES string of the molecule is C#CCNC(=NCC(c1c(F)cccc1Cl)N1CCCC1)NCC.I. The first-order valence-electron chi connectivity index (χ1n) is 8.31. The molecule has 1 aromatic rings. The molecule has 0 radical (unpaired) electrons. The van der Waals surface area contributed by atoms with E-state index in [1.807, 2.05) is 6.92 Å². The highest BCUT2D eigenvalue weighted by Gasteiger charge is 2.27. The lowest BCUT2D eigenvalue weighted by molar-refractivity contribution is 0.246. The molecule has 1 fully saturated rings. The van der Waals surface area contributed by atoms with Gasteiger partial charge in [-0.05, 0) is 45.0 Å². The van der Waals surface area contributed by atoms with Crippen molar-refractivity contribution in [3.63, 3.8) is 0 Å². The molecule has 0 aromatic heterocycles. The second kappa shape index (κ2) is 11.6. The van der Waals surface area contributed by atoms with Crippen LogP contribution in [0.1, 0.15) is 31.4 Å². The Morgan fingerprint density at radius 3 is 2.72 bits per heavy atom. The summed E-state index contributed by atoms with van der Waals surface area (Å²) in [6, 6.07) is 4.64. The van der Waals surface area contributed by atoms with Gasteiger partial charge in [0.2, 0.25) is 0 Å². The number of terminal acetylenes is 1. The summed E-state index contributed by atoms with van der Waals surface area (Å²) in [5, 5.41) is 6.64. The number of halogens is 3. The Morgan fingerprint density at radius 1 is 1.40 bits per heavy atom. The van der Waals surface area contributed by atoms with Gasteiger partial charge in [-0.1, -0.05) is 23.6 Å². The van der Waals surface area contributed by atoms with Crippen molar-refractivity contribution in [2.75, 3.05) is 32.7 Å². The van der Waals surface area contributed by atoms with Crippen molar-refractivity contribution in [2.45, 2.75) is 25.8 Å². The van der Waals surface area contributed by atoms with Gasteiger partial charge in [0.25, 0.3) is 0 Å². The third-order valence-corrected chi connectivity index (χ3v) is 4.37. The molecule has 1 aliphatic rings. The number of hydrogen-bond donors (Lipinski definition) is 2. The number of benzene rings is 1. The lowest BCUT2D eigenvalue weighted by atomic mass is 10.0. The van der Waals surface area contributed by atoms with Crippen LogP contribution in [0.15, 0.2) is 23.2 Å². The van der Waals surface area contributed by atoms with Crippen molar-refractivity contribution in [3.8, 4) is 12.3 Å². The summed E-state index contributed by atoms with van der Waals surface area (Å²) in [6.45, 7) is 5.38. The van der Waals surface area contributed by atoms with Gasteiger partial charge in [0.05, 0.1) is 19.1 Å². The molecule has 0 amide bonds. The van der Waals surface area contributed by atoms with Crippen LogP contribution in [0.25, 0.3) is 0 Å². The van der Waals surface area contributed by atoms with Crippen LogP contribution >= 0.6 is 35.6 Å². The third kappa shape index (κ3) is 6.32. The second-order valence-electron chi connectivity index (χ2n) is 5.67. The van der Waals surface area contributed by atoms with E-state index in [0.717, 1.165) is 32.5 Å². The first-order chi connectivity index (χ1) is 11.7. The van der Waals surface area contributed by atoms with E-state index in [2.05, 4.69) is 26.4 Å². The molecule has 1 aromatic carbocycles. The van der Waals surface area contributed by atoms with E-state index >= 15 is 0 Å². The number of nitrogens with zero attached hydrogens (tertiary/aromatic N) is 2. The molecule has 0 aliphatic carbocycles. The Morgan fingerprint density at radius 2 is 2.12 bits per heavy atom. The minimum absolute atomic E-state index is 0. The summed E-state index contributed by atoms with van der Waals surface area (Å²) in [4.78, 5) is 6.83. The molecule has 2 N–H and O–H groups in total. The van der Waals surface area contributed by atoms with Crippen LogP contribution in [0.4, 0.5) is 4.39 Å². The largest absolute Gasteiger partial charge is 0.357 e. The zero-order chi connectivity index (χ0) is 17.4. The van der Waals surface area contributed by atoms with Crippen molar-refractivity contribution >= 4 is 41.5 Å². The standard InChI is InChI=1S/C18H24ClFN4.HI/c1-3-10-22-18(21-4-2)23-13-16(24-11-5-6-12-24)17-14(19)8-7-9-15(17)20;/h1,7-9,16H,4-6,10-13H2,2H3,(H2,21,22,23);1H. The number of likely N-dealkylation sites (tertiary alicyclic amines) is 1. The molecule has 1 aliphatic heterocycles. The van der Waals surface area contributed by atoms with E-state index in [-0.39, 0.29) is 35.8 Å². The number of nitrogens with one attached hydrogen (secondary N) is 2. The van der Waals surface area contributed by atoms with Gasteiger partial charge in [0.1, 0.15) is 5.82 Å². The molecule has 1 atom stereocenters. The third-order valence-electron chi connectivity index (χ3n) is 4.04. The van der Waals surface area contributed by atoms with Gasteiger partial charge in [0, 0.05) is 17.1 Å². The van der Waals surface area contributed by atoms with Crippen molar-refractivity contribution in [3.05, 3.63) is 34.6 Å². The Hall–Kier alpha value is -1.04. The van der Waals surface area contributed by atoms with E-state index in [4.69, 9.17) is 18.0 Å². The minimum atomic E-state index is -0.281. The van der Waals surface area contributed by atoms with Crippen LogP contribution in [0.2, 0.25) is 5.02 Å². The highest BCUT2D eigenvalue weighted by atomic mass is 127. The number of rotatable bonds is 6. The average Bonchev–Trinajstić information content (AvgIpc) is 3.09. The van der Waals surface area contributed by atoms with E-state index in [1.165, 1.54) is 6.07 Å². The van der Waals surface area contributed by atoms with Crippen molar-refractivity contribution in [1.82, 2.24) is 15.5 Å². The van der Waals surface area contributed by atoms with Crippen LogP contribution in [-0.2, 0) is 0 Å². The molecule has 7 heteroatoms. The molecular formula is C18H25ClFIN4. The predicted octanol–water partition coefficient (Wildman–Crippen LogP) is 3.42. The van der Waals surface area contributed by atoms with E-state index in [1.54, 1.807) is 12.1 Å². The molecule has 1 unspecified atom stereocenters. The van der Waals surface area contributed by atoms with Gasteiger partial charge in [0.15, 0.2) is 5.96 Å². The number of hydrogen-bond acceptors (Lipinski definition) is 2. The van der Waals surface area contributed by atoms with Crippen molar-refractivity contribution in [1.29, 1.82) is 0 Å². The first kappa shape index (κ1) is 22.0. The van der Waals surface area contributed by atoms with Gasteiger partial charge in [-0.15, -0.1) is 30.4 Å². The van der Waals surface area contributed by atoms with Crippen LogP contribution in [0, 0.1) is 18.2 Å². The molecule has 4 nitrogen and oxygen atoms in total. The van der Waals surface area contributed by atoms with Gasteiger partial charge >= 0.3 is 0 Å². The summed E-state index contributed by atoms with van der Waals surface area (Å²) >= 11 is 6.29. The fourth-order valence-corrected chi connectivity index (χ4v) is 3.21. The maximum Gasteiger partial charge on any atom is 0.192 e. The highest BCUT2D eigenvalue weighted by Crippen LogP contribution is 2.32. The minimum Gasteiger partial charge on any atom is -0.357 e. The lowest BCUT2D eigenvalue weighted by Gasteiger charge is -2.28. The summed E-state index contributed by atoms with van der Waals surface area (Å²) in [5.74, 6) is 2.88. The van der Waals surface area contributed by atoms with Gasteiger partial charge in [-0.3, -0.25) is 9.89 Å². The molecule has 2 rings (SSSR count). The summed E-state index contributed by atoms with van der Waals surface area (Å²) in [7, 11) is 0. The fraction of sp³-hybridized carbons (Fsp3) is 0.500. The number of guanidine groups is 1. The Balaban J connectivity index is 0.00000312. The van der Waals surface area contributed by atoms with Gasteiger partial charge in [-0.2, -0.15) is 0 Å². The Bertz CT molecular complexity index is 591. The first-order valence-corrected chi connectivity index (χ1v) is 8.68. The lowest BCUT2D eigenvalue weighted by Crippen LogP contribution is -2.38. The van der Waals surface area contributed by atoms with Crippen molar-refractivity contribution in [2.24, 2.45) is 4.99 Å². The molecule has 138 valence electrons. The number of aliphatic imine (C=N–C) groups is 1. The molecular weight excluding hydrogens is 454 g/mol. The van der Waals surface area contributed by atoms with Gasteiger partial charge in [-0.25, -0.2) is 4.39 Å². The highest BCUT2D eigenvalue weighted by molar-refractivity contribution is 14.0. The average molecular weight is 479 g/mol. The maximum absolute atomic E-state index is 14.4. The monoisotopic (exact) mass is 478 g/mol. The fourth-order valence-electron chi connectivity index (χ4n) is 2.93. The van der Waals surface area contributed by atoms with Crippen LogP contribution < -0.4 is 10.6 Å². The molecule has 25 heavy (non-hydrogen) atoms.